The van der Waals surface area contributed by atoms with Crippen molar-refractivity contribution < 1.29 is 18.3 Å². The Morgan fingerprint density at radius 2 is 1.92 bits per heavy atom. The third-order valence-corrected chi connectivity index (χ3v) is 7.32. The molecular weight excluding hydrogens is 478 g/mol. The van der Waals surface area contributed by atoms with Crippen LogP contribution in [0, 0.1) is 17.6 Å². The minimum absolute atomic E-state index is 0.0362. The maximum Gasteiger partial charge on any atom is 0.320 e. The Labute approximate surface area is 212 Å². The highest BCUT2D eigenvalue weighted by Crippen LogP contribution is 2.32. The number of H-pyrrole nitrogens is 1. The number of hydrogen-bond donors (Lipinski definition) is 1. The standard InChI is InChI=1S/C27H28F2N6O2/c28-19-3-4-24(21(29)14-19)37-17-18-2-1-9-35(16-18)27(36)34-12-10-33(11-13-34)23-6-8-30-22-15-32-26-20(25(22)23)5-7-31-26/h3-8,14-15,18H,1-2,9-13,16-17H2,(H,31,32). The van der Waals surface area contributed by atoms with E-state index in [0.29, 0.717) is 26.2 Å². The predicted octanol–water partition coefficient (Wildman–Crippen LogP) is 4.42. The molecule has 5 heterocycles. The molecule has 2 saturated heterocycles. The van der Waals surface area contributed by atoms with Gasteiger partial charge in [0.1, 0.15) is 11.5 Å². The number of piperazine rings is 1. The molecule has 0 bridgehead atoms. The van der Waals surface area contributed by atoms with E-state index in [1.54, 1.807) is 6.20 Å². The monoisotopic (exact) mass is 506 g/mol. The Morgan fingerprint density at radius 1 is 1.05 bits per heavy atom. The van der Waals surface area contributed by atoms with Crippen LogP contribution < -0.4 is 9.64 Å². The van der Waals surface area contributed by atoms with Gasteiger partial charge in [-0.2, -0.15) is 0 Å². The predicted molar refractivity (Wildman–Crippen MR) is 137 cm³/mol. The number of nitrogens with zero attached hydrogens (tertiary/aromatic N) is 5. The minimum atomic E-state index is -0.711. The van der Waals surface area contributed by atoms with Crippen LogP contribution in [0.15, 0.2) is 48.9 Å². The molecule has 1 N–H and O–H groups in total. The second kappa shape index (κ2) is 9.84. The highest BCUT2D eigenvalue weighted by Gasteiger charge is 2.30. The number of benzene rings is 1. The SMILES string of the molecule is O=C(N1CCN(c2ccnc3cnc4[nH]ccc4c23)CC1)N1CCCC(COc2ccc(F)cc2F)C1. The van der Waals surface area contributed by atoms with E-state index >= 15 is 0 Å². The molecule has 3 aromatic heterocycles. The molecule has 1 unspecified atom stereocenters. The Hall–Kier alpha value is -3.95. The Balaban J connectivity index is 1.08. The van der Waals surface area contributed by atoms with Gasteiger partial charge in [0.15, 0.2) is 11.6 Å². The van der Waals surface area contributed by atoms with Gasteiger partial charge in [-0.25, -0.2) is 18.6 Å². The lowest BCUT2D eigenvalue weighted by molar-refractivity contribution is 0.109. The minimum Gasteiger partial charge on any atom is -0.490 e. The van der Waals surface area contributed by atoms with Gasteiger partial charge >= 0.3 is 6.03 Å². The maximum atomic E-state index is 13.9. The second-order valence-corrected chi connectivity index (χ2v) is 9.69. The number of aromatic amines is 1. The van der Waals surface area contributed by atoms with Crippen LogP contribution in [-0.2, 0) is 0 Å². The summed E-state index contributed by atoms with van der Waals surface area (Å²) in [6.07, 6.45) is 7.26. The molecule has 6 rings (SSSR count). The fourth-order valence-electron chi connectivity index (χ4n) is 5.41. The average molecular weight is 507 g/mol. The van der Waals surface area contributed by atoms with Crippen LogP contribution in [0.2, 0.25) is 0 Å². The van der Waals surface area contributed by atoms with Crippen molar-refractivity contribution in [2.45, 2.75) is 12.8 Å². The van der Waals surface area contributed by atoms with Crippen LogP contribution in [0.25, 0.3) is 21.9 Å². The molecule has 2 amide bonds. The summed E-state index contributed by atoms with van der Waals surface area (Å²) in [7, 11) is 0. The second-order valence-electron chi connectivity index (χ2n) is 9.69. The Kier molecular flexibility index (Phi) is 6.23. The van der Waals surface area contributed by atoms with Crippen molar-refractivity contribution in [1.82, 2.24) is 24.8 Å². The molecule has 2 aliphatic heterocycles. The van der Waals surface area contributed by atoms with Gasteiger partial charge in [0.05, 0.1) is 18.3 Å². The third-order valence-electron chi connectivity index (χ3n) is 7.32. The Morgan fingerprint density at radius 3 is 2.76 bits per heavy atom. The molecule has 37 heavy (non-hydrogen) atoms. The van der Waals surface area contributed by atoms with Gasteiger partial charge in [0, 0.05) is 80.1 Å². The molecule has 2 aliphatic rings. The molecule has 0 spiro atoms. The number of urea groups is 1. The van der Waals surface area contributed by atoms with Crippen molar-refractivity contribution in [3.05, 3.63) is 60.6 Å². The fraction of sp³-hybridized carbons (Fsp3) is 0.370. The quantitative estimate of drug-likeness (QED) is 0.443. The first-order valence-electron chi connectivity index (χ1n) is 12.6. The molecule has 2 fully saturated rings. The van der Waals surface area contributed by atoms with Gasteiger partial charge in [-0.15, -0.1) is 0 Å². The van der Waals surface area contributed by atoms with Gasteiger partial charge < -0.3 is 24.4 Å². The number of hydrogen-bond acceptors (Lipinski definition) is 5. The lowest BCUT2D eigenvalue weighted by Crippen LogP contribution is -2.54. The number of pyridine rings is 2. The number of likely N-dealkylation sites (tertiary alicyclic amines) is 1. The number of fused-ring (bicyclic) bond motifs is 3. The van der Waals surface area contributed by atoms with Crippen molar-refractivity contribution in [3.8, 4) is 5.75 Å². The first-order valence-corrected chi connectivity index (χ1v) is 12.6. The van der Waals surface area contributed by atoms with Crippen LogP contribution >= 0.6 is 0 Å². The molecule has 1 atom stereocenters. The topological polar surface area (TPSA) is 77.6 Å². The number of amides is 2. The first-order chi connectivity index (χ1) is 18.1. The molecule has 0 aliphatic carbocycles. The Bertz CT molecular complexity index is 1440. The smallest absolute Gasteiger partial charge is 0.320 e. The van der Waals surface area contributed by atoms with Gasteiger partial charge in [-0.1, -0.05) is 0 Å². The van der Waals surface area contributed by atoms with E-state index in [4.69, 9.17) is 4.74 Å². The van der Waals surface area contributed by atoms with E-state index in [9.17, 15) is 13.6 Å². The maximum absolute atomic E-state index is 13.9. The summed E-state index contributed by atoms with van der Waals surface area (Å²) in [6, 6.07) is 7.40. The summed E-state index contributed by atoms with van der Waals surface area (Å²) < 4.78 is 32.7. The largest absolute Gasteiger partial charge is 0.490 e. The first kappa shape index (κ1) is 23.4. The molecule has 0 radical (unpaired) electrons. The van der Waals surface area contributed by atoms with E-state index in [1.807, 2.05) is 34.3 Å². The fourth-order valence-corrected chi connectivity index (χ4v) is 5.41. The number of aromatic nitrogens is 3. The number of halogens is 2. The van der Waals surface area contributed by atoms with Crippen LogP contribution in [0.1, 0.15) is 12.8 Å². The number of anilines is 1. The van der Waals surface area contributed by atoms with E-state index < -0.39 is 11.6 Å². The van der Waals surface area contributed by atoms with Crippen LogP contribution in [0.3, 0.4) is 0 Å². The zero-order valence-corrected chi connectivity index (χ0v) is 20.4. The van der Waals surface area contributed by atoms with E-state index in [1.165, 1.54) is 12.1 Å². The normalized spacial score (nSPS) is 18.5. The summed E-state index contributed by atoms with van der Waals surface area (Å²) >= 11 is 0. The average Bonchev–Trinajstić information content (AvgIpc) is 3.41. The molecule has 192 valence electrons. The summed E-state index contributed by atoms with van der Waals surface area (Å²) in [5.74, 6) is -1.20. The number of ether oxygens (including phenoxy) is 1. The molecular formula is C27H28F2N6O2. The van der Waals surface area contributed by atoms with Crippen molar-refractivity contribution in [2.24, 2.45) is 5.92 Å². The summed E-state index contributed by atoms with van der Waals surface area (Å²) in [5, 5.41) is 2.12. The van der Waals surface area contributed by atoms with Gasteiger partial charge in [0.2, 0.25) is 0 Å². The zero-order valence-electron chi connectivity index (χ0n) is 20.4. The molecule has 1 aromatic carbocycles. The third kappa shape index (κ3) is 4.63. The number of carbonyl (C=O) groups is 1. The van der Waals surface area contributed by atoms with Gasteiger partial charge in [-0.05, 0) is 37.1 Å². The molecule has 4 aromatic rings. The van der Waals surface area contributed by atoms with Crippen LogP contribution in [0.4, 0.5) is 19.3 Å². The van der Waals surface area contributed by atoms with Gasteiger partial charge in [-0.3, -0.25) is 4.98 Å². The number of piperidine rings is 1. The van der Waals surface area contributed by atoms with Crippen molar-refractivity contribution in [1.29, 1.82) is 0 Å². The summed E-state index contributed by atoms with van der Waals surface area (Å²) in [4.78, 5) is 31.5. The van der Waals surface area contributed by atoms with Crippen LogP contribution in [-0.4, -0.2) is 76.7 Å². The van der Waals surface area contributed by atoms with E-state index in [-0.39, 0.29) is 24.3 Å². The molecule has 0 saturated carbocycles. The van der Waals surface area contributed by atoms with Crippen molar-refractivity contribution >= 4 is 33.7 Å². The lowest BCUT2D eigenvalue weighted by Gasteiger charge is -2.41. The molecule has 8 nitrogen and oxygen atoms in total. The van der Waals surface area contributed by atoms with E-state index in [0.717, 1.165) is 59.6 Å². The lowest BCUT2D eigenvalue weighted by atomic mass is 9.99. The summed E-state index contributed by atoms with van der Waals surface area (Å²) in [6.45, 7) is 4.26. The van der Waals surface area contributed by atoms with Crippen molar-refractivity contribution in [2.75, 3.05) is 50.8 Å². The zero-order chi connectivity index (χ0) is 25.4. The highest BCUT2D eigenvalue weighted by atomic mass is 19.1. The van der Waals surface area contributed by atoms with Crippen LogP contribution in [0.5, 0.6) is 5.75 Å². The number of carbonyl (C=O) groups excluding carboxylic acids is 1. The molecule has 10 heteroatoms. The highest BCUT2D eigenvalue weighted by molar-refractivity contribution is 6.10. The number of nitrogens with one attached hydrogen (secondary N) is 1. The summed E-state index contributed by atoms with van der Waals surface area (Å²) in [5.41, 5.74) is 2.79. The van der Waals surface area contributed by atoms with Gasteiger partial charge in [0.25, 0.3) is 0 Å². The van der Waals surface area contributed by atoms with Crippen molar-refractivity contribution in [3.63, 3.8) is 0 Å². The van der Waals surface area contributed by atoms with E-state index in [2.05, 4.69) is 19.9 Å². The number of rotatable bonds is 4.